The largest absolute Gasteiger partial charge is 0.379 e. The Bertz CT molecular complexity index is 754. The minimum Gasteiger partial charge on any atom is -0.379 e. The first-order valence-corrected chi connectivity index (χ1v) is 12.6. The van der Waals surface area contributed by atoms with E-state index in [4.69, 9.17) is 4.74 Å². The first-order valence-electron chi connectivity index (χ1n) is 10.7. The number of rotatable bonds is 8. The predicted octanol–water partition coefficient (Wildman–Crippen LogP) is 2.46. The van der Waals surface area contributed by atoms with Gasteiger partial charge in [-0.1, -0.05) is 6.07 Å². The lowest BCUT2D eigenvalue weighted by molar-refractivity contribution is -0.134. The van der Waals surface area contributed by atoms with Crippen molar-refractivity contribution in [1.82, 2.24) is 19.6 Å². The monoisotopic (exact) mass is 448 g/mol. The Balaban J connectivity index is 1.26. The summed E-state index contributed by atoms with van der Waals surface area (Å²) >= 11 is 3.55. The number of morpholine rings is 1. The highest BCUT2D eigenvalue weighted by atomic mass is 32.1. The molecule has 1 amide bonds. The van der Waals surface area contributed by atoms with Crippen LogP contribution in [-0.2, 0) is 16.1 Å². The molecule has 1 atom stereocenters. The minimum atomic E-state index is 0.250. The van der Waals surface area contributed by atoms with Crippen LogP contribution in [0.15, 0.2) is 34.3 Å². The summed E-state index contributed by atoms with van der Waals surface area (Å²) < 4.78 is 5.54. The molecule has 0 bridgehead atoms. The molecule has 4 rings (SSSR count). The van der Waals surface area contributed by atoms with Gasteiger partial charge >= 0.3 is 0 Å². The minimum absolute atomic E-state index is 0.250. The van der Waals surface area contributed by atoms with Gasteiger partial charge in [0.15, 0.2) is 0 Å². The third-order valence-corrected chi connectivity index (χ3v) is 7.66. The lowest BCUT2D eigenvalue weighted by Crippen LogP contribution is -2.51. The molecule has 2 aliphatic rings. The fourth-order valence-corrected chi connectivity index (χ4v) is 5.75. The van der Waals surface area contributed by atoms with Crippen molar-refractivity contribution in [3.63, 3.8) is 0 Å². The predicted molar refractivity (Wildman–Crippen MR) is 123 cm³/mol. The number of carbonyl (C=O) groups is 1. The fourth-order valence-electron chi connectivity index (χ4n) is 4.24. The van der Waals surface area contributed by atoms with Crippen LogP contribution in [0.5, 0.6) is 0 Å². The first-order chi connectivity index (χ1) is 14.7. The summed E-state index contributed by atoms with van der Waals surface area (Å²) in [6.45, 7) is 9.40. The summed E-state index contributed by atoms with van der Waals surface area (Å²) in [7, 11) is 2.08. The molecule has 6 nitrogen and oxygen atoms in total. The summed E-state index contributed by atoms with van der Waals surface area (Å²) in [6, 6.07) is 6.85. The number of likely N-dealkylation sites (N-methyl/N-ethyl adjacent to an activating group) is 1. The number of piperazine rings is 1. The summed E-state index contributed by atoms with van der Waals surface area (Å²) in [4.78, 5) is 23.5. The van der Waals surface area contributed by atoms with Crippen LogP contribution in [0.2, 0.25) is 0 Å². The van der Waals surface area contributed by atoms with Gasteiger partial charge in [0.25, 0.3) is 0 Å². The number of amides is 1. The third-order valence-electron chi connectivity index (χ3n) is 5.96. The Morgan fingerprint density at radius 2 is 1.93 bits per heavy atom. The number of thiophene rings is 2. The Kier molecular flexibility index (Phi) is 7.92. The van der Waals surface area contributed by atoms with Gasteiger partial charge in [0, 0.05) is 57.2 Å². The van der Waals surface area contributed by atoms with Gasteiger partial charge in [0.05, 0.1) is 25.8 Å². The van der Waals surface area contributed by atoms with Crippen LogP contribution in [0.4, 0.5) is 0 Å². The highest BCUT2D eigenvalue weighted by Gasteiger charge is 2.27. The van der Waals surface area contributed by atoms with Crippen molar-refractivity contribution in [1.29, 1.82) is 0 Å². The number of hydrogen-bond donors (Lipinski definition) is 0. The van der Waals surface area contributed by atoms with Crippen LogP contribution in [0.25, 0.3) is 0 Å². The molecule has 0 aromatic carbocycles. The van der Waals surface area contributed by atoms with Gasteiger partial charge < -0.3 is 9.64 Å². The molecule has 0 N–H and O–H groups in total. The van der Waals surface area contributed by atoms with Crippen molar-refractivity contribution in [2.45, 2.75) is 12.6 Å². The summed E-state index contributed by atoms with van der Waals surface area (Å²) in [5.41, 5.74) is 1.38. The summed E-state index contributed by atoms with van der Waals surface area (Å²) in [5, 5.41) is 6.49. The van der Waals surface area contributed by atoms with E-state index in [1.807, 2.05) is 4.90 Å². The van der Waals surface area contributed by atoms with Crippen LogP contribution in [0.3, 0.4) is 0 Å². The lowest BCUT2D eigenvalue weighted by Gasteiger charge is -2.37. The zero-order valence-corrected chi connectivity index (χ0v) is 19.4. The molecule has 8 heteroatoms. The lowest BCUT2D eigenvalue weighted by atomic mass is 10.1. The van der Waals surface area contributed by atoms with Crippen molar-refractivity contribution < 1.29 is 9.53 Å². The zero-order valence-electron chi connectivity index (χ0n) is 17.7. The van der Waals surface area contributed by atoms with Crippen LogP contribution in [0.1, 0.15) is 16.5 Å². The van der Waals surface area contributed by atoms with E-state index in [1.54, 1.807) is 22.7 Å². The maximum absolute atomic E-state index is 12.9. The number of nitrogens with zero attached hydrogens (tertiary/aromatic N) is 4. The Morgan fingerprint density at radius 1 is 1.13 bits per heavy atom. The molecule has 0 spiro atoms. The Morgan fingerprint density at radius 3 is 2.60 bits per heavy atom. The molecular weight excluding hydrogens is 416 g/mol. The van der Waals surface area contributed by atoms with Gasteiger partial charge in [0.2, 0.25) is 5.91 Å². The Labute approximate surface area is 187 Å². The van der Waals surface area contributed by atoms with Crippen molar-refractivity contribution in [3.8, 4) is 0 Å². The number of ether oxygens (including phenoxy) is 1. The fraction of sp³-hybridized carbons (Fsp3) is 0.591. The van der Waals surface area contributed by atoms with Gasteiger partial charge in [-0.3, -0.25) is 19.5 Å². The van der Waals surface area contributed by atoms with Crippen LogP contribution in [0, 0.1) is 0 Å². The molecule has 2 aromatic rings. The number of hydrogen-bond acceptors (Lipinski definition) is 7. The Hall–Kier alpha value is -1.29. The van der Waals surface area contributed by atoms with Crippen molar-refractivity contribution >= 4 is 28.6 Å². The van der Waals surface area contributed by atoms with Crippen LogP contribution < -0.4 is 0 Å². The molecule has 4 heterocycles. The van der Waals surface area contributed by atoms with Gasteiger partial charge in [-0.05, 0) is 40.9 Å². The maximum atomic E-state index is 12.9. The van der Waals surface area contributed by atoms with Crippen LogP contribution >= 0.6 is 22.7 Å². The molecule has 2 aliphatic heterocycles. The molecule has 0 radical (unpaired) electrons. The molecule has 0 saturated carbocycles. The maximum Gasteiger partial charge on any atom is 0.236 e. The zero-order chi connectivity index (χ0) is 20.8. The van der Waals surface area contributed by atoms with E-state index in [1.165, 1.54) is 10.4 Å². The molecule has 30 heavy (non-hydrogen) atoms. The molecule has 1 unspecified atom stereocenters. The average molecular weight is 449 g/mol. The van der Waals surface area contributed by atoms with Crippen molar-refractivity contribution in [3.05, 3.63) is 44.8 Å². The van der Waals surface area contributed by atoms with E-state index in [-0.39, 0.29) is 5.91 Å². The highest BCUT2D eigenvalue weighted by Crippen LogP contribution is 2.26. The van der Waals surface area contributed by atoms with E-state index < -0.39 is 0 Å². The van der Waals surface area contributed by atoms with E-state index >= 15 is 0 Å². The van der Waals surface area contributed by atoms with Gasteiger partial charge in [-0.25, -0.2) is 0 Å². The van der Waals surface area contributed by atoms with Crippen LogP contribution in [-0.4, -0.2) is 98.1 Å². The second-order valence-electron chi connectivity index (χ2n) is 8.16. The quantitative estimate of drug-likeness (QED) is 0.620. The second-order valence-corrected chi connectivity index (χ2v) is 9.92. The molecular formula is C22H32N4O2S2. The van der Waals surface area contributed by atoms with Gasteiger partial charge in [-0.2, -0.15) is 11.3 Å². The van der Waals surface area contributed by atoms with E-state index in [2.05, 4.69) is 56.1 Å². The van der Waals surface area contributed by atoms with Gasteiger partial charge in [0.1, 0.15) is 0 Å². The molecule has 0 aliphatic carbocycles. The average Bonchev–Trinajstić information content (AvgIpc) is 3.47. The van der Waals surface area contributed by atoms with Crippen molar-refractivity contribution in [2.75, 3.05) is 72.6 Å². The highest BCUT2D eigenvalue weighted by molar-refractivity contribution is 7.10. The smallest absolute Gasteiger partial charge is 0.236 e. The van der Waals surface area contributed by atoms with Crippen molar-refractivity contribution in [2.24, 2.45) is 0 Å². The second kappa shape index (κ2) is 10.8. The first kappa shape index (κ1) is 21.9. The topological polar surface area (TPSA) is 39.3 Å². The standard InChI is InChI=1S/C22H32N4O2S2/c1-23(16-20(21-3-2-13-30-21)25-9-11-28-12-10-25)17-22(27)26-7-5-24(6-8-26)15-19-4-14-29-18-19/h2-4,13-14,18,20H,5-12,15-17H2,1H3. The molecule has 2 saturated heterocycles. The third kappa shape index (κ3) is 5.90. The number of carbonyl (C=O) groups excluding carboxylic acids is 1. The molecule has 2 fully saturated rings. The summed E-state index contributed by atoms with van der Waals surface area (Å²) in [6.07, 6.45) is 0. The van der Waals surface area contributed by atoms with E-state index in [0.717, 1.165) is 65.6 Å². The molecule has 164 valence electrons. The van der Waals surface area contributed by atoms with Gasteiger partial charge in [-0.15, -0.1) is 11.3 Å². The molecule has 2 aromatic heterocycles. The summed E-state index contributed by atoms with van der Waals surface area (Å²) in [5.74, 6) is 0.250. The SMILES string of the molecule is CN(CC(=O)N1CCN(Cc2ccsc2)CC1)CC(c1cccs1)N1CCOCC1. The van der Waals surface area contributed by atoms with E-state index in [9.17, 15) is 4.79 Å². The van der Waals surface area contributed by atoms with E-state index in [0.29, 0.717) is 12.6 Å². The normalized spacial score (nSPS) is 20.0.